The summed E-state index contributed by atoms with van der Waals surface area (Å²) in [6.45, 7) is 2.20. The van der Waals surface area contributed by atoms with Crippen LogP contribution in [0.4, 0.5) is 10.3 Å². The lowest BCUT2D eigenvalue weighted by Crippen LogP contribution is -2.39. The predicted octanol–water partition coefficient (Wildman–Crippen LogP) is 2.28. The van der Waals surface area contributed by atoms with Crippen LogP contribution in [0.2, 0.25) is 0 Å². The molecule has 0 aromatic carbocycles. The van der Waals surface area contributed by atoms with E-state index in [4.69, 9.17) is 4.74 Å². The minimum atomic E-state index is -0.150. The highest BCUT2D eigenvalue weighted by Gasteiger charge is 2.32. The van der Waals surface area contributed by atoms with E-state index in [2.05, 4.69) is 20.2 Å². The second-order valence-electron chi connectivity index (χ2n) is 5.35. The fourth-order valence-corrected chi connectivity index (χ4v) is 4.56. The van der Waals surface area contributed by atoms with Crippen molar-refractivity contribution in [2.45, 2.75) is 31.9 Å². The first kappa shape index (κ1) is 14.1. The second kappa shape index (κ2) is 5.94. The van der Waals surface area contributed by atoms with Crippen LogP contribution in [0.3, 0.4) is 0 Å². The zero-order valence-corrected chi connectivity index (χ0v) is 13.6. The van der Waals surface area contributed by atoms with Gasteiger partial charge in [0.2, 0.25) is 5.91 Å². The minimum absolute atomic E-state index is 0.0136. The highest BCUT2D eigenvalue weighted by Crippen LogP contribution is 2.30. The van der Waals surface area contributed by atoms with Gasteiger partial charge in [-0.25, -0.2) is 9.97 Å². The first-order valence-electron chi connectivity index (χ1n) is 7.34. The van der Waals surface area contributed by atoms with Gasteiger partial charge in [-0.2, -0.15) is 0 Å². The molecule has 2 aromatic rings. The highest BCUT2D eigenvalue weighted by atomic mass is 32.1. The van der Waals surface area contributed by atoms with Crippen molar-refractivity contribution < 1.29 is 9.53 Å². The summed E-state index contributed by atoms with van der Waals surface area (Å²) in [6, 6.07) is -0.150. The molecule has 0 bridgehead atoms. The molecule has 1 amide bonds. The Hall–Kier alpha value is -1.51. The van der Waals surface area contributed by atoms with E-state index in [1.54, 1.807) is 17.5 Å². The number of carbonyl (C=O) groups is 1. The van der Waals surface area contributed by atoms with Crippen molar-refractivity contribution in [1.29, 1.82) is 0 Å². The summed E-state index contributed by atoms with van der Waals surface area (Å²) in [4.78, 5) is 24.7. The Balaban J connectivity index is 1.48. The van der Waals surface area contributed by atoms with Gasteiger partial charge in [0.1, 0.15) is 6.04 Å². The molecule has 2 aliphatic rings. The number of hydrogen-bond donors (Lipinski definition) is 1. The Bertz CT molecular complexity index is 647. The van der Waals surface area contributed by atoms with Crippen LogP contribution in [0.5, 0.6) is 0 Å². The molecular weight excluding hydrogens is 320 g/mol. The van der Waals surface area contributed by atoms with Crippen LogP contribution < -0.4 is 10.2 Å². The lowest BCUT2D eigenvalue weighted by molar-refractivity contribution is -0.117. The molecule has 4 heterocycles. The van der Waals surface area contributed by atoms with Crippen molar-refractivity contribution in [3.63, 3.8) is 0 Å². The molecule has 1 fully saturated rings. The molecular formula is C14H16N4O2S2. The van der Waals surface area contributed by atoms with E-state index in [1.165, 1.54) is 11.3 Å². The number of thiazole rings is 2. The van der Waals surface area contributed by atoms with Crippen LogP contribution >= 0.6 is 22.7 Å². The number of rotatable bonds is 3. The molecule has 8 heteroatoms. The summed E-state index contributed by atoms with van der Waals surface area (Å²) in [7, 11) is 0. The number of nitrogens with one attached hydrogen (secondary N) is 1. The summed E-state index contributed by atoms with van der Waals surface area (Å²) < 4.78 is 5.42. The van der Waals surface area contributed by atoms with Crippen LogP contribution in [0.1, 0.15) is 23.4 Å². The second-order valence-corrected chi connectivity index (χ2v) is 7.30. The number of anilines is 2. The third kappa shape index (κ3) is 2.62. The topological polar surface area (TPSA) is 67.3 Å². The van der Waals surface area contributed by atoms with Crippen molar-refractivity contribution in [2.24, 2.45) is 0 Å². The van der Waals surface area contributed by atoms with E-state index < -0.39 is 0 Å². The average Bonchev–Trinajstić information content (AvgIpc) is 3.25. The Labute approximate surface area is 136 Å². The van der Waals surface area contributed by atoms with Crippen molar-refractivity contribution in [3.05, 3.63) is 22.1 Å². The van der Waals surface area contributed by atoms with Crippen LogP contribution in [0.25, 0.3) is 0 Å². The molecule has 1 atom stereocenters. The smallest absolute Gasteiger partial charge is 0.248 e. The van der Waals surface area contributed by atoms with Crippen molar-refractivity contribution in [1.82, 2.24) is 9.97 Å². The fourth-order valence-electron chi connectivity index (χ4n) is 2.89. The monoisotopic (exact) mass is 336 g/mol. The Morgan fingerprint density at radius 3 is 3.27 bits per heavy atom. The number of hydrogen-bond acceptors (Lipinski definition) is 7. The third-order valence-corrected chi connectivity index (χ3v) is 5.74. The maximum Gasteiger partial charge on any atom is 0.248 e. The van der Waals surface area contributed by atoms with E-state index in [1.807, 2.05) is 5.38 Å². The molecule has 22 heavy (non-hydrogen) atoms. The number of nitrogens with zero attached hydrogens (tertiary/aromatic N) is 3. The maximum absolute atomic E-state index is 12.6. The number of ether oxygens (including phenoxy) is 1. The molecule has 1 unspecified atom stereocenters. The molecule has 116 valence electrons. The minimum Gasteiger partial charge on any atom is -0.375 e. The highest BCUT2D eigenvalue weighted by molar-refractivity contribution is 7.16. The van der Waals surface area contributed by atoms with Gasteiger partial charge in [-0.3, -0.25) is 4.79 Å². The van der Waals surface area contributed by atoms with Gasteiger partial charge in [-0.15, -0.1) is 11.3 Å². The van der Waals surface area contributed by atoms with Gasteiger partial charge in [0.15, 0.2) is 10.3 Å². The SMILES string of the molecule is O=C(Nc1nc2c(s1)COCC2)C1CCCN1c1nccs1. The third-order valence-electron chi connectivity index (χ3n) is 3.95. The van der Waals surface area contributed by atoms with E-state index in [9.17, 15) is 4.79 Å². The fraction of sp³-hybridized carbons (Fsp3) is 0.500. The summed E-state index contributed by atoms with van der Waals surface area (Å²) in [5, 5.41) is 6.53. The lowest BCUT2D eigenvalue weighted by Gasteiger charge is -2.22. The van der Waals surface area contributed by atoms with E-state index >= 15 is 0 Å². The molecule has 0 radical (unpaired) electrons. The molecule has 2 aliphatic heterocycles. The van der Waals surface area contributed by atoms with Gasteiger partial charge in [0.25, 0.3) is 0 Å². The largest absolute Gasteiger partial charge is 0.375 e. The number of fused-ring (bicyclic) bond motifs is 1. The average molecular weight is 336 g/mol. The van der Waals surface area contributed by atoms with Gasteiger partial charge < -0.3 is 15.0 Å². The van der Waals surface area contributed by atoms with Crippen LogP contribution in [0, 0.1) is 0 Å². The van der Waals surface area contributed by atoms with Gasteiger partial charge in [0, 0.05) is 24.5 Å². The van der Waals surface area contributed by atoms with Gasteiger partial charge in [-0.1, -0.05) is 11.3 Å². The van der Waals surface area contributed by atoms with Gasteiger partial charge in [0.05, 0.1) is 23.8 Å². The predicted molar refractivity (Wildman–Crippen MR) is 86.6 cm³/mol. The number of carbonyl (C=O) groups excluding carboxylic acids is 1. The first-order valence-corrected chi connectivity index (χ1v) is 9.04. The maximum atomic E-state index is 12.6. The first-order chi connectivity index (χ1) is 10.8. The van der Waals surface area contributed by atoms with Crippen molar-refractivity contribution in [2.75, 3.05) is 23.4 Å². The Kier molecular flexibility index (Phi) is 3.81. The molecule has 6 nitrogen and oxygen atoms in total. The Morgan fingerprint density at radius 2 is 2.45 bits per heavy atom. The Morgan fingerprint density at radius 1 is 1.50 bits per heavy atom. The molecule has 1 N–H and O–H groups in total. The zero-order valence-electron chi connectivity index (χ0n) is 11.9. The quantitative estimate of drug-likeness (QED) is 0.931. The van der Waals surface area contributed by atoms with Crippen LogP contribution in [-0.2, 0) is 22.6 Å². The molecule has 0 saturated carbocycles. The number of aromatic nitrogens is 2. The zero-order chi connectivity index (χ0) is 14.9. The van der Waals surface area contributed by atoms with Crippen LogP contribution in [0.15, 0.2) is 11.6 Å². The summed E-state index contributed by atoms with van der Waals surface area (Å²) in [5.41, 5.74) is 1.06. The normalized spacial score (nSPS) is 20.9. The van der Waals surface area contributed by atoms with Gasteiger partial charge in [-0.05, 0) is 12.8 Å². The lowest BCUT2D eigenvalue weighted by atomic mass is 10.2. The van der Waals surface area contributed by atoms with Crippen LogP contribution in [-0.4, -0.2) is 35.1 Å². The van der Waals surface area contributed by atoms with Crippen molar-refractivity contribution >= 4 is 38.8 Å². The molecule has 1 saturated heterocycles. The van der Waals surface area contributed by atoms with Gasteiger partial charge >= 0.3 is 0 Å². The summed E-state index contributed by atoms with van der Waals surface area (Å²) in [5.74, 6) is 0.0136. The summed E-state index contributed by atoms with van der Waals surface area (Å²) in [6.07, 6.45) is 4.48. The number of amides is 1. The van der Waals surface area contributed by atoms with Crippen molar-refractivity contribution in [3.8, 4) is 0 Å². The molecule has 2 aromatic heterocycles. The molecule has 0 spiro atoms. The van der Waals surface area contributed by atoms with E-state index in [-0.39, 0.29) is 11.9 Å². The molecule has 0 aliphatic carbocycles. The standard InChI is InChI=1S/C14H16N4O2S2/c19-12(10-2-1-5-18(10)14-15-4-7-21-14)17-13-16-9-3-6-20-8-11(9)22-13/h4,7,10H,1-3,5-6,8H2,(H,16,17,19). The molecule has 4 rings (SSSR count). The summed E-state index contributed by atoms with van der Waals surface area (Å²) >= 11 is 3.10. The van der Waals surface area contributed by atoms with E-state index in [0.717, 1.165) is 41.5 Å². The van der Waals surface area contributed by atoms with E-state index in [0.29, 0.717) is 18.3 Å².